The molecule has 1 N–H and O–H groups in total. The number of esters is 2. The summed E-state index contributed by atoms with van der Waals surface area (Å²) in [6, 6.07) is 0. The highest BCUT2D eigenvalue weighted by Gasteiger charge is 2.70. The maximum Gasteiger partial charge on any atom is 0.305 e. The number of aliphatic hydroxyl groups is 1. The predicted octanol–water partition coefficient (Wildman–Crippen LogP) is 3.34. The Bertz CT molecular complexity index is 979. The summed E-state index contributed by atoms with van der Waals surface area (Å²) in [5.74, 6) is -1.30. The molecule has 4 aliphatic rings. The number of hydrogen-bond donors (Lipinski definition) is 1. The minimum atomic E-state index is -1.44. The van der Waals surface area contributed by atoms with Crippen LogP contribution < -0.4 is 0 Å². The van der Waals surface area contributed by atoms with Gasteiger partial charge in [-0.15, -0.1) is 0 Å². The summed E-state index contributed by atoms with van der Waals surface area (Å²) in [5, 5.41) is 11.6. The Morgan fingerprint density at radius 3 is 2.59 bits per heavy atom. The van der Waals surface area contributed by atoms with Crippen molar-refractivity contribution in [2.45, 2.75) is 78.4 Å². The fourth-order valence-electron chi connectivity index (χ4n) is 8.03. The molecule has 0 radical (unpaired) electrons. The van der Waals surface area contributed by atoms with Crippen LogP contribution in [0.1, 0.15) is 66.7 Å². The third kappa shape index (κ3) is 3.50. The van der Waals surface area contributed by atoms with E-state index in [2.05, 4.69) is 13.8 Å². The van der Waals surface area contributed by atoms with E-state index in [0.29, 0.717) is 19.3 Å². The standard InChI is InChI=1S/C27H36O7/c1-6-23(32)33-14-22(31)27(34-16(3)28)10-8-19-18-11-15(2)20-12-17(29)7-9-25(20,4)24(18)21(30)13-26(19,27)5/h7,9,12,15,18-19,21,24,30H,6,8,10-11,13-14H2,1-5H3/t15?,18-,19-,21?,24+,25-,26-,27-/m0/s1. The van der Waals surface area contributed by atoms with E-state index in [1.165, 1.54) is 6.92 Å². The van der Waals surface area contributed by atoms with Crippen LogP contribution in [0.5, 0.6) is 0 Å². The Morgan fingerprint density at radius 2 is 1.94 bits per heavy atom. The van der Waals surface area contributed by atoms with Crippen molar-refractivity contribution in [3.8, 4) is 0 Å². The zero-order valence-electron chi connectivity index (χ0n) is 20.8. The number of ketones is 2. The minimum absolute atomic E-state index is 0.0186. The highest BCUT2D eigenvalue weighted by molar-refractivity contribution is 6.01. The first-order chi connectivity index (χ1) is 15.9. The number of hydrogen-bond acceptors (Lipinski definition) is 7. The van der Waals surface area contributed by atoms with E-state index in [4.69, 9.17) is 9.47 Å². The van der Waals surface area contributed by atoms with Gasteiger partial charge in [0, 0.05) is 30.1 Å². The van der Waals surface area contributed by atoms with Crippen LogP contribution in [0.15, 0.2) is 23.8 Å². The largest absolute Gasteiger partial charge is 0.457 e. The summed E-state index contributed by atoms with van der Waals surface area (Å²) < 4.78 is 11.0. The predicted molar refractivity (Wildman–Crippen MR) is 123 cm³/mol. The number of rotatable bonds is 5. The van der Waals surface area contributed by atoms with Crippen LogP contribution in [0.4, 0.5) is 0 Å². The van der Waals surface area contributed by atoms with Crippen molar-refractivity contribution in [2.75, 3.05) is 6.61 Å². The molecule has 0 aliphatic heterocycles. The quantitative estimate of drug-likeness (QED) is 0.612. The van der Waals surface area contributed by atoms with Crippen LogP contribution in [0.3, 0.4) is 0 Å². The number of ether oxygens (including phenoxy) is 2. The molecule has 4 rings (SSSR count). The molecule has 2 unspecified atom stereocenters. The van der Waals surface area contributed by atoms with Gasteiger partial charge in [-0.1, -0.05) is 39.3 Å². The third-order valence-corrected chi connectivity index (χ3v) is 9.36. The van der Waals surface area contributed by atoms with Crippen molar-refractivity contribution < 1.29 is 33.8 Å². The van der Waals surface area contributed by atoms with Crippen LogP contribution in [0.25, 0.3) is 0 Å². The van der Waals surface area contributed by atoms with Gasteiger partial charge in [-0.2, -0.15) is 0 Å². The van der Waals surface area contributed by atoms with Gasteiger partial charge in [0.1, 0.15) is 0 Å². The lowest BCUT2D eigenvalue weighted by molar-refractivity contribution is -0.200. The second-order valence-corrected chi connectivity index (χ2v) is 11.1. The van der Waals surface area contributed by atoms with E-state index in [0.717, 1.165) is 12.0 Å². The van der Waals surface area contributed by atoms with E-state index >= 15 is 0 Å². The van der Waals surface area contributed by atoms with Crippen LogP contribution in [0.2, 0.25) is 0 Å². The van der Waals surface area contributed by atoms with Gasteiger partial charge < -0.3 is 14.6 Å². The molecule has 0 heterocycles. The second-order valence-electron chi connectivity index (χ2n) is 11.1. The van der Waals surface area contributed by atoms with Crippen LogP contribution in [0, 0.1) is 34.5 Å². The van der Waals surface area contributed by atoms with E-state index < -0.39 is 46.9 Å². The maximum absolute atomic E-state index is 13.5. The molecule has 34 heavy (non-hydrogen) atoms. The van der Waals surface area contributed by atoms with Gasteiger partial charge in [0.05, 0.1) is 6.10 Å². The molecule has 3 saturated carbocycles. The summed E-state index contributed by atoms with van der Waals surface area (Å²) in [6.07, 6.45) is 6.78. The number of fused-ring (bicyclic) bond motifs is 5. The average Bonchev–Trinajstić information content (AvgIpc) is 3.04. The number of carbonyl (C=O) groups is 4. The smallest absolute Gasteiger partial charge is 0.305 e. The van der Waals surface area contributed by atoms with E-state index in [-0.39, 0.29) is 35.9 Å². The molecule has 7 nitrogen and oxygen atoms in total. The summed E-state index contributed by atoms with van der Waals surface area (Å²) >= 11 is 0. The van der Waals surface area contributed by atoms with Gasteiger partial charge in [-0.25, -0.2) is 0 Å². The minimum Gasteiger partial charge on any atom is -0.457 e. The van der Waals surface area contributed by atoms with Gasteiger partial charge in [0.15, 0.2) is 18.0 Å². The molecule has 4 aliphatic carbocycles. The molecule has 3 fully saturated rings. The Balaban J connectivity index is 1.73. The summed E-state index contributed by atoms with van der Waals surface area (Å²) in [4.78, 5) is 49.6. The molecule has 0 aromatic rings. The average molecular weight is 473 g/mol. The Kier molecular flexibility index (Phi) is 6.16. The number of allylic oxidation sites excluding steroid dienone is 4. The van der Waals surface area contributed by atoms with E-state index in [1.54, 1.807) is 19.1 Å². The fraction of sp³-hybridized carbons (Fsp3) is 0.704. The SMILES string of the molecule is CCC(=O)OCC(=O)[C@@]1(OC(C)=O)CC[C@H]2[C@@H]3CC(C)C4=CC(=O)C=C[C@]4(C)[C@H]3C(O)C[C@@]21C. The zero-order valence-corrected chi connectivity index (χ0v) is 20.8. The van der Waals surface area contributed by atoms with Crippen molar-refractivity contribution in [2.24, 2.45) is 34.5 Å². The molecule has 186 valence electrons. The lowest BCUT2D eigenvalue weighted by atomic mass is 9.44. The molecule has 8 atom stereocenters. The summed E-state index contributed by atoms with van der Waals surface area (Å²) in [7, 11) is 0. The van der Waals surface area contributed by atoms with Gasteiger partial charge >= 0.3 is 11.9 Å². The van der Waals surface area contributed by atoms with Gasteiger partial charge in [-0.3, -0.25) is 19.2 Å². The number of Topliss-reactive ketones (excluding diaryl/α,β-unsaturated/α-hetero) is 1. The van der Waals surface area contributed by atoms with Crippen LogP contribution in [-0.2, 0) is 28.7 Å². The number of carbonyl (C=O) groups excluding carboxylic acids is 4. The molecule has 0 spiro atoms. The normalized spacial score (nSPS) is 42.7. The van der Waals surface area contributed by atoms with E-state index in [1.807, 2.05) is 13.0 Å². The molecular formula is C27H36O7. The lowest BCUT2D eigenvalue weighted by Gasteiger charge is -2.61. The molecule has 0 saturated heterocycles. The maximum atomic E-state index is 13.5. The zero-order chi connectivity index (χ0) is 25.1. The summed E-state index contributed by atoms with van der Waals surface area (Å²) in [5.41, 5.74) is -1.61. The van der Waals surface area contributed by atoms with Gasteiger partial charge in [0.25, 0.3) is 0 Å². The van der Waals surface area contributed by atoms with Crippen LogP contribution >= 0.6 is 0 Å². The van der Waals surface area contributed by atoms with Crippen molar-refractivity contribution in [1.29, 1.82) is 0 Å². The molecule has 7 heteroatoms. The molecular weight excluding hydrogens is 436 g/mol. The van der Waals surface area contributed by atoms with Crippen molar-refractivity contribution in [1.82, 2.24) is 0 Å². The first-order valence-corrected chi connectivity index (χ1v) is 12.4. The first kappa shape index (κ1) is 24.8. The van der Waals surface area contributed by atoms with Crippen molar-refractivity contribution in [3.05, 3.63) is 23.8 Å². The monoisotopic (exact) mass is 472 g/mol. The van der Waals surface area contributed by atoms with Gasteiger partial charge in [0.2, 0.25) is 5.78 Å². The first-order valence-electron chi connectivity index (χ1n) is 12.4. The lowest BCUT2D eigenvalue weighted by Crippen LogP contribution is -2.63. The Morgan fingerprint density at radius 1 is 1.24 bits per heavy atom. The fourth-order valence-corrected chi connectivity index (χ4v) is 8.03. The molecule has 0 aromatic heterocycles. The third-order valence-electron chi connectivity index (χ3n) is 9.36. The van der Waals surface area contributed by atoms with Crippen molar-refractivity contribution >= 4 is 23.5 Å². The number of aliphatic hydroxyl groups excluding tert-OH is 1. The summed E-state index contributed by atoms with van der Waals surface area (Å²) in [6.45, 7) is 8.67. The Labute approximate surface area is 200 Å². The Hall–Kier alpha value is -2.28. The van der Waals surface area contributed by atoms with E-state index in [9.17, 15) is 24.3 Å². The van der Waals surface area contributed by atoms with Gasteiger partial charge in [-0.05, 0) is 55.6 Å². The second kappa shape index (κ2) is 8.43. The van der Waals surface area contributed by atoms with Crippen LogP contribution in [-0.4, -0.2) is 46.9 Å². The molecule has 0 bridgehead atoms. The molecule has 0 aromatic carbocycles. The molecule has 0 amide bonds. The highest BCUT2D eigenvalue weighted by Crippen LogP contribution is 2.68. The topological polar surface area (TPSA) is 107 Å². The van der Waals surface area contributed by atoms with Crippen molar-refractivity contribution in [3.63, 3.8) is 0 Å². The highest BCUT2D eigenvalue weighted by atomic mass is 16.6.